The van der Waals surface area contributed by atoms with Gasteiger partial charge in [-0.1, -0.05) is 45.8 Å². The summed E-state index contributed by atoms with van der Waals surface area (Å²) in [7, 11) is 0. The van der Waals surface area contributed by atoms with Crippen LogP contribution in [0.2, 0.25) is 0 Å². The fourth-order valence-corrected chi connectivity index (χ4v) is 2.99. The smallest absolute Gasteiger partial charge is 0.0553 e. The highest BCUT2D eigenvalue weighted by atomic mass is 79.9. The molecule has 0 aliphatic carbocycles. The lowest BCUT2D eigenvalue weighted by molar-refractivity contribution is 0.610. The molecular weight excluding hydrogens is 320 g/mol. The van der Waals surface area contributed by atoms with E-state index in [4.69, 9.17) is 5.84 Å². The molecule has 2 nitrogen and oxygen atoms in total. The van der Waals surface area contributed by atoms with Crippen molar-refractivity contribution in [2.75, 3.05) is 5.75 Å². The van der Waals surface area contributed by atoms with E-state index in [1.807, 2.05) is 0 Å². The molecule has 2 aromatic carbocycles. The number of nitrogens with two attached hydrogens (primary N) is 1. The molecule has 3 N–H and O–H groups in total. The Kier molecular flexibility index (Phi) is 5.45. The maximum Gasteiger partial charge on any atom is 0.0553 e. The highest BCUT2D eigenvalue weighted by Gasteiger charge is 2.09. The van der Waals surface area contributed by atoms with E-state index in [0.29, 0.717) is 0 Å². The first-order valence-corrected chi connectivity index (χ1v) is 7.88. The van der Waals surface area contributed by atoms with E-state index in [2.05, 4.69) is 76.8 Å². The van der Waals surface area contributed by atoms with Gasteiger partial charge in [-0.3, -0.25) is 11.3 Å². The SMILES string of the molecule is Cc1ccc(C(CSc2ccc(Br)cc2)NN)cc1. The molecular formula is C15H17BrN2S. The van der Waals surface area contributed by atoms with Gasteiger partial charge in [0.2, 0.25) is 0 Å². The fraction of sp³-hybridized carbons (Fsp3) is 0.200. The molecule has 0 bridgehead atoms. The van der Waals surface area contributed by atoms with Crippen LogP contribution >= 0.6 is 27.7 Å². The molecule has 0 aliphatic heterocycles. The van der Waals surface area contributed by atoms with E-state index in [0.717, 1.165) is 10.2 Å². The summed E-state index contributed by atoms with van der Waals surface area (Å²) in [4.78, 5) is 1.25. The van der Waals surface area contributed by atoms with E-state index in [1.165, 1.54) is 16.0 Å². The average molecular weight is 337 g/mol. The predicted octanol–water partition coefficient (Wildman–Crippen LogP) is 4.05. The van der Waals surface area contributed by atoms with Crippen molar-refractivity contribution in [3.63, 3.8) is 0 Å². The van der Waals surface area contributed by atoms with Crippen molar-refractivity contribution in [2.45, 2.75) is 17.9 Å². The van der Waals surface area contributed by atoms with Crippen molar-refractivity contribution < 1.29 is 0 Å². The van der Waals surface area contributed by atoms with Crippen LogP contribution in [0.5, 0.6) is 0 Å². The van der Waals surface area contributed by atoms with Crippen LogP contribution in [0.3, 0.4) is 0 Å². The molecule has 0 fully saturated rings. The zero-order valence-corrected chi connectivity index (χ0v) is 13.2. The number of hydrogen-bond donors (Lipinski definition) is 2. The highest BCUT2D eigenvalue weighted by Crippen LogP contribution is 2.25. The first-order chi connectivity index (χ1) is 9.19. The van der Waals surface area contributed by atoms with Gasteiger partial charge in [-0.25, -0.2) is 0 Å². The Balaban J connectivity index is 1.99. The minimum atomic E-state index is 0.161. The maximum absolute atomic E-state index is 5.66. The van der Waals surface area contributed by atoms with Gasteiger partial charge in [0.05, 0.1) is 6.04 Å². The van der Waals surface area contributed by atoms with Gasteiger partial charge < -0.3 is 0 Å². The molecule has 1 atom stereocenters. The van der Waals surface area contributed by atoms with Crippen molar-refractivity contribution in [1.29, 1.82) is 0 Å². The van der Waals surface area contributed by atoms with E-state index in [-0.39, 0.29) is 6.04 Å². The van der Waals surface area contributed by atoms with Gasteiger partial charge in [-0.05, 0) is 36.8 Å². The molecule has 0 spiro atoms. The Morgan fingerprint density at radius 2 is 1.74 bits per heavy atom. The van der Waals surface area contributed by atoms with Crippen LogP contribution in [0.1, 0.15) is 17.2 Å². The summed E-state index contributed by atoms with van der Waals surface area (Å²) in [5.74, 6) is 6.56. The van der Waals surface area contributed by atoms with Crippen LogP contribution in [-0.4, -0.2) is 5.75 Å². The maximum atomic E-state index is 5.66. The first-order valence-electron chi connectivity index (χ1n) is 6.10. The largest absolute Gasteiger partial charge is 0.271 e. The number of aryl methyl sites for hydroxylation is 1. The molecule has 4 heteroatoms. The lowest BCUT2D eigenvalue weighted by atomic mass is 10.1. The van der Waals surface area contributed by atoms with Gasteiger partial charge in [0.1, 0.15) is 0 Å². The quantitative estimate of drug-likeness (QED) is 0.491. The molecule has 0 amide bonds. The monoisotopic (exact) mass is 336 g/mol. The molecule has 19 heavy (non-hydrogen) atoms. The van der Waals surface area contributed by atoms with E-state index >= 15 is 0 Å². The zero-order chi connectivity index (χ0) is 13.7. The summed E-state index contributed by atoms with van der Waals surface area (Å²) in [5.41, 5.74) is 5.37. The minimum absolute atomic E-state index is 0.161. The topological polar surface area (TPSA) is 38.0 Å². The van der Waals surface area contributed by atoms with Gasteiger partial charge >= 0.3 is 0 Å². The molecule has 1 unspecified atom stereocenters. The Bertz CT molecular complexity index is 511. The molecule has 0 heterocycles. The molecule has 2 aromatic rings. The molecule has 100 valence electrons. The van der Waals surface area contributed by atoms with Crippen LogP contribution in [0.4, 0.5) is 0 Å². The Labute approximate surface area is 126 Å². The van der Waals surface area contributed by atoms with Crippen LogP contribution in [0, 0.1) is 6.92 Å². The third kappa shape index (κ3) is 4.35. The van der Waals surface area contributed by atoms with Gasteiger partial charge in [0, 0.05) is 15.1 Å². The summed E-state index contributed by atoms with van der Waals surface area (Å²) >= 11 is 5.24. The normalized spacial score (nSPS) is 12.4. The van der Waals surface area contributed by atoms with Crippen molar-refractivity contribution in [3.8, 4) is 0 Å². The number of nitrogens with one attached hydrogen (secondary N) is 1. The number of thioether (sulfide) groups is 1. The number of rotatable bonds is 5. The molecule has 0 aromatic heterocycles. The van der Waals surface area contributed by atoms with Crippen LogP contribution in [0.25, 0.3) is 0 Å². The van der Waals surface area contributed by atoms with Crippen molar-refractivity contribution in [2.24, 2.45) is 5.84 Å². The van der Waals surface area contributed by atoms with Gasteiger partial charge in [-0.15, -0.1) is 11.8 Å². The summed E-state index contributed by atoms with van der Waals surface area (Å²) in [5, 5.41) is 0. The molecule has 0 aliphatic rings. The van der Waals surface area contributed by atoms with Gasteiger partial charge in [0.25, 0.3) is 0 Å². The number of halogens is 1. The van der Waals surface area contributed by atoms with Gasteiger partial charge in [0.15, 0.2) is 0 Å². The third-order valence-electron chi connectivity index (χ3n) is 2.91. The van der Waals surface area contributed by atoms with Crippen molar-refractivity contribution in [3.05, 3.63) is 64.1 Å². The lowest BCUT2D eigenvalue weighted by Gasteiger charge is -2.16. The average Bonchev–Trinajstić information content (AvgIpc) is 2.43. The van der Waals surface area contributed by atoms with Gasteiger partial charge in [-0.2, -0.15) is 0 Å². The Morgan fingerprint density at radius 1 is 1.11 bits per heavy atom. The highest BCUT2D eigenvalue weighted by molar-refractivity contribution is 9.10. The Morgan fingerprint density at radius 3 is 2.32 bits per heavy atom. The standard InChI is InChI=1S/C15H17BrN2S/c1-11-2-4-12(5-3-11)15(18-17)10-19-14-8-6-13(16)7-9-14/h2-9,15,18H,10,17H2,1H3. The Hall–Kier alpha value is -0.810. The lowest BCUT2D eigenvalue weighted by Crippen LogP contribution is -2.29. The predicted molar refractivity (Wildman–Crippen MR) is 86.1 cm³/mol. The van der Waals surface area contributed by atoms with Crippen LogP contribution in [-0.2, 0) is 0 Å². The molecule has 2 rings (SSSR count). The second-order valence-electron chi connectivity index (χ2n) is 4.39. The van der Waals surface area contributed by atoms with Crippen molar-refractivity contribution >= 4 is 27.7 Å². The van der Waals surface area contributed by atoms with E-state index in [9.17, 15) is 0 Å². The summed E-state index contributed by atoms with van der Waals surface area (Å²) in [6.07, 6.45) is 0. The third-order valence-corrected chi connectivity index (χ3v) is 4.55. The second-order valence-corrected chi connectivity index (χ2v) is 6.40. The summed E-state index contributed by atoms with van der Waals surface area (Å²) < 4.78 is 1.10. The number of hydrazine groups is 1. The summed E-state index contributed by atoms with van der Waals surface area (Å²) in [6.45, 7) is 2.09. The molecule has 0 saturated heterocycles. The van der Waals surface area contributed by atoms with E-state index in [1.54, 1.807) is 11.8 Å². The zero-order valence-electron chi connectivity index (χ0n) is 10.8. The molecule has 0 radical (unpaired) electrons. The minimum Gasteiger partial charge on any atom is -0.271 e. The first kappa shape index (κ1) is 14.6. The van der Waals surface area contributed by atoms with Crippen molar-refractivity contribution in [1.82, 2.24) is 5.43 Å². The fourth-order valence-electron chi connectivity index (χ4n) is 1.75. The molecule has 0 saturated carbocycles. The second kappa shape index (κ2) is 7.10. The van der Waals surface area contributed by atoms with Crippen LogP contribution in [0.15, 0.2) is 57.9 Å². The number of hydrogen-bond acceptors (Lipinski definition) is 3. The van der Waals surface area contributed by atoms with Crippen LogP contribution < -0.4 is 11.3 Å². The number of benzene rings is 2. The summed E-state index contributed by atoms with van der Waals surface area (Å²) in [6, 6.07) is 17.0. The van der Waals surface area contributed by atoms with E-state index < -0.39 is 0 Å².